The summed E-state index contributed by atoms with van der Waals surface area (Å²) in [6.07, 6.45) is 1.83. The summed E-state index contributed by atoms with van der Waals surface area (Å²) in [6, 6.07) is 24.1. The second-order valence-electron chi connectivity index (χ2n) is 8.36. The fourth-order valence-corrected chi connectivity index (χ4v) is 4.36. The summed E-state index contributed by atoms with van der Waals surface area (Å²) in [5.41, 5.74) is 6.39. The lowest BCUT2D eigenvalue weighted by Crippen LogP contribution is -2.22. The van der Waals surface area contributed by atoms with Crippen molar-refractivity contribution in [3.63, 3.8) is 0 Å². The van der Waals surface area contributed by atoms with E-state index in [1.54, 1.807) is 6.92 Å². The van der Waals surface area contributed by atoms with Gasteiger partial charge in [0, 0.05) is 5.57 Å². The number of nitrogens with zero attached hydrogens (tertiary/aromatic N) is 1. The van der Waals surface area contributed by atoms with Gasteiger partial charge >= 0.3 is 5.97 Å². The number of benzene rings is 3. The topological polar surface area (TPSA) is 58.8 Å². The van der Waals surface area contributed by atoms with Crippen LogP contribution in [-0.4, -0.2) is 41.9 Å². The van der Waals surface area contributed by atoms with Crippen molar-refractivity contribution >= 4 is 17.3 Å². The molecule has 0 heterocycles. The van der Waals surface area contributed by atoms with E-state index in [0.717, 1.165) is 45.4 Å². The number of ether oxygens (including phenoxy) is 2. The third-order valence-corrected chi connectivity index (χ3v) is 5.83. The van der Waals surface area contributed by atoms with E-state index >= 15 is 0 Å². The van der Waals surface area contributed by atoms with Crippen LogP contribution in [0.1, 0.15) is 41.2 Å². The number of carbonyl (C=O) groups is 1. The molecule has 1 aliphatic rings. The third kappa shape index (κ3) is 4.88. The van der Waals surface area contributed by atoms with Crippen LogP contribution in [0.15, 0.2) is 78.4 Å². The number of esters is 1. The molecule has 1 aliphatic carbocycles. The lowest BCUT2D eigenvalue weighted by Gasteiger charge is -2.10. The zero-order chi connectivity index (χ0) is 24.1. The first-order valence-corrected chi connectivity index (χ1v) is 11.6. The number of aryl methyl sites for hydroxylation is 2. The van der Waals surface area contributed by atoms with Gasteiger partial charge in [0.25, 0.3) is 5.71 Å². The van der Waals surface area contributed by atoms with E-state index in [0.29, 0.717) is 23.6 Å². The predicted molar refractivity (Wildman–Crippen MR) is 133 cm³/mol. The molecule has 3 aromatic rings. The van der Waals surface area contributed by atoms with Crippen LogP contribution in [0.5, 0.6) is 5.75 Å². The van der Waals surface area contributed by atoms with E-state index in [1.807, 2.05) is 67.6 Å². The van der Waals surface area contributed by atoms with Crippen molar-refractivity contribution in [3.05, 3.63) is 106 Å². The molecule has 0 atom stereocenters. The number of carbonyl (C=O) groups excluding carboxylic acids is 1. The smallest absolute Gasteiger partial charge is 0.345 e. The van der Waals surface area contributed by atoms with E-state index in [1.165, 1.54) is 12.6 Å². The summed E-state index contributed by atoms with van der Waals surface area (Å²) in [7, 11) is 1.52. The zero-order valence-electron chi connectivity index (χ0n) is 19.9. The Balaban J connectivity index is 1.67. The van der Waals surface area contributed by atoms with Crippen molar-refractivity contribution in [3.8, 4) is 5.75 Å². The van der Waals surface area contributed by atoms with Crippen molar-refractivity contribution in [1.29, 1.82) is 0 Å². The molecule has 34 heavy (non-hydrogen) atoms. The number of hydrogen-bond acceptors (Lipinski definition) is 4. The lowest BCUT2D eigenvalue weighted by atomic mass is 9.96. The molecular formula is C29H30NO4+. The van der Waals surface area contributed by atoms with Gasteiger partial charge in [-0.25, -0.2) is 4.79 Å². The van der Waals surface area contributed by atoms with E-state index in [4.69, 9.17) is 9.47 Å². The van der Waals surface area contributed by atoms with Gasteiger partial charge in [-0.05, 0) is 66.3 Å². The van der Waals surface area contributed by atoms with Crippen LogP contribution >= 0.6 is 0 Å². The van der Waals surface area contributed by atoms with Crippen molar-refractivity contribution < 1.29 is 24.2 Å². The summed E-state index contributed by atoms with van der Waals surface area (Å²) >= 11 is 0. The second kappa shape index (κ2) is 10.4. The number of fused-ring (bicyclic) bond motifs is 1. The van der Waals surface area contributed by atoms with Crippen LogP contribution in [0.25, 0.3) is 5.57 Å². The molecule has 174 valence electrons. The highest BCUT2D eigenvalue weighted by Gasteiger charge is 2.40. The first kappa shape index (κ1) is 23.3. The molecule has 0 aliphatic heterocycles. The van der Waals surface area contributed by atoms with Gasteiger partial charge in [0.15, 0.2) is 7.05 Å². The maximum absolute atomic E-state index is 13.1. The average molecular weight is 457 g/mol. The fraction of sp³-hybridized carbons (Fsp3) is 0.241. The maximum atomic E-state index is 13.1. The molecule has 0 saturated carbocycles. The second-order valence-corrected chi connectivity index (χ2v) is 8.36. The molecule has 0 spiro atoms. The minimum Gasteiger partial charge on any atom is -0.494 e. The minimum atomic E-state index is -0.462. The highest BCUT2D eigenvalue weighted by molar-refractivity contribution is 6.35. The van der Waals surface area contributed by atoms with Crippen LogP contribution < -0.4 is 4.74 Å². The van der Waals surface area contributed by atoms with Gasteiger partial charge in [-0.3, -0.25) is 5.21 Å². The minimum absolute atomic E-state index is 0.248. The van der Waals surface area contributed by atoms with Crippen molar-refractivity contribution in [2.24, 2.45) is 0 Å². The Hall–Kier alpha value is -3.86. The van der Waals surface area contributed by atoms with Crippen LogP contribution in [-0.2, 0) is 16.0 Å². The standard InChI is InChI=1S/C29H30NO4/c1-4-33-29(31)27-26(22-14-8-10-20(2)18-22)24-16-15-23(19-25(24)28(27)30(3)32)34-17-9-13-21-11-6-5-7-12-21/h5-8,10-12,14-16,18-19,32H,4,9,13,17H2,1-3H3/q+1/b30-28+. The molecule has 4 rings (SSSR count). The van der Waals surface area contributed by atoms with Crippen LogP contribution in [0, 0.1) is 6.92 Å². The van der Waals surface area contributed by atoms with Gasteiger partial charge in [0.05, 0.1) is 18.8 Å². The summed E-state index contributed by atoms with van der Waals surface area (Å²) in [5, 5.41) is 10.6. The maximum Gasteiger partial charge on any atom is 0.345 e. The zero-order valence-corrected chi connectivity index (χ0v) is 19.9. The number of hydrogen-bond donors (Lipinski definition) is 1. The molecule has 0 amide bonds. The molecule has 0 radical (unpaired) electrons. The largest absolute Gasteiger partial charge is 0.494 e. The normalized spacial score (nSPS) is 14.1. The van der Waals surface area contributed by atoms with Crippen molar-refractivity contribution in [1.82, 2.24) is 0 Å². The molecule has 0 bridgehead atoms. The highest BCUT2D eigenvalue weighted by Crippen LogP contribution is 2.40. The fourth-order valence-electron chi connectivity index (χ4n) is 4.36. The van der Waals surface area contributed by atoms with E-state index < -0.39 is 5.97 Å². The SMILES string of the molecule is CCOC(=O)C1=C(c2cccc(C)c2)c2ccc(OCCCc3ccccc3)cc2/C1=[N+](/C)O. The lowest BCUT2D eigenvalue weighted by molar-refractivity contribution is -0.753. The summed E-state index contributed by atoms with van der Waals surface area (Å²) in [5.74, 6) is 0.233. The molecule has 5 nitrogen and oxygen atoms in total. The van der Waals surface area contributed by atoms with Gasteiger partial charge in [-0.15, -0.1) is 0 Å². The number of hydroxylamine groups is 1. The molecule has 3 aromatic carbocycles. The monoisotopic (exact) mass is 456 g/mol. The molecule has 1 N–H and O–H groups in total. The quantitative estimate of drug-likeness (QED) is 0.166. The van der Waals surface area contributed by atoms with Crippen LogP contribution in [0.4, 0.5) is 0 Å². The summed E-state index contributed by atoms with van der Waals surface area (Å²) in [6.45, 7) is 4.61. The van der Waals surface area contributed by atoms with Gasteiger partial charge in [-0.2, -0.15) is 0 Å². The van der Waals surface area contributed by atoms with Crippen molar-refractivity contribution in [2.45, 2.75) is 26.7 Å². The van der Waals surface area contributed by atoms with Crippen LogP contribution in [0.3, 0.4) is 0 Å². The van der Waals surface area contributed by atoms with Gasteiger partial charge in [0.1, 0.15) is 11.3 Å². The van der Waals surface area contributed by atoms with E-state index in [2.05, 4.69) is 12.1 Å². The Morgan fingerprint density at radius 2 is 1.76 bits per heavy atom. The van der Waals surface area contributed by atoms with Crippen LogP contribution in [0.2, 0.25) is 0 Å². The Morgan fingerprint density at radius 1 is 0.971 bits per heavy atom. The first-order chi connectivity index (χ1) is 16.5. The van der Waals surface area contributed by atoms with Gasteiger partial charge < -0.3 is 9.47 Å². The van der Waals surface area contributed by atoms with E-state index in [9.17, 15) is 10.0 Å². The molecule has 0 fully saturated rings. The van der Waals surface area contributed by atoms with Gasteiger partial charge in [-0.1, -0.05) is 60.2 Å². The molecule has 0 aromatic heterocycles. The Labute approximate surface area is 200 Å². The molecular weight excluding hydrogens is 426 g/mol. The first-order valence-electron chi connectivity index (χ1n) is 11.6. The molecule has 0 unspecified atom stereocenters. The Kier molecular flexibility index (Phi) is 7.12. The average Bonchev–Trinajstić information content (AvgIpc) is 3.17. The number of rotatable bonds is 8. The third-order valence-electron chi connectivity index (χ3n) is 5.83. The van der Waals surface area contributed by atoms with E-state index in [-0.39, 0.29) is 6.61 Å². The molecule has 0 saturated heterocycles. The summed E-state index contributed by atoms with van der Waals surface area (Å²) < 4.78 is 12.4. The summed E-state index contributed by atoms with van der Waals surface area (Å²) in [4.78, 5) is 13.1. The highest BCUT2D eigenvalue weighted by atomic mass is 16.5. The Morgan fingerprint density at radius 3 is 2.47 bits per heavy atom. The Bertz CT molecular complexity index is 1250. The molecule has 5 heteroatoms. The predicted octanol–water partition coefficient (Wildman–Crippen LogP) is 5.21. The van der Waals surface area contributed by atoms with Gasteiger partial charge in [0.2, 0.25) is 0 Å². The van der Waals surface area contributed by atoms with Crippen molar-refractivity contribution in [2.75, 3.05) is 20.3 Å².